The van der Waals surface area contributed by atoms with Crippen molar-refractivity contribution in [3.05, 3.63) is 46.8 Å². The molecule has 142 valence electrons. The average Bonchev–Trinajstić information content (AvgIpc) is 2.93. The average molecular weight is 367 g/mol. The van der Waals surface area contributed by atoms with Crippen molar-refractivity contribution in [2.45, 2.75) is 33.7 Å². The number of nitriles is 1. The van der Waals surface area contributed by atoms with E-state index in [1.54, 1.807) is 31.4 Å². The molecule has 6 heteroatoms. The summed E-state index contributed by atoms with van der Waals surface area (Å²) in [6.07, 6.45) is 2.64. The van der Waals surface area contributed by atoms with Crippen molar-refractivity contribution in [1.29, 1.82) is 5.26 Å². The minimum atomic E-state index is -0.496. The monoisotopic (exact) mass is 367 g/mol. The molecule has 0 saturated heterocycles. The van der Waals surface area contributed by atoms with E-state index in [0.29, 0.717) is 17.2 Å². The van der Waals surface area contributed by atoms with Crippen LogP contribution in [0.4, 0.5) is 5.69 Å². The van der Waals surface area contributed by atoms with E-state index < -0.39 is 5.91 Å². The van der Waals surface area contributed by atoms with Crippen LogP contribution in [0.1, 0.15) is 30.3 Å². The fraction of sp³-hybridized carbons (Fsp3) is 0.333. The molecule has 0 bridgehead atoms. The molecule has 1 N–H and O–H groups in total. The van der Waals surface area contributed by atoms with Crippen LogP contribution in [-0.2, 0) is 11.3 Å². The standard InChI is InChI=1S/C21H25N3O3/c1-6-9-24-14(2)10-16(15(24)3)11-17(13-22)21(25)23-19-12-18(26-4)7-8-20(19)27-5/h7-8,10-12H,6,9H2,1-5H3,(H,23,25)/b17-11+. The smallest absolute Gasteiger partial charge is 0.266 e. The number of ether oxygens (including phenoxy) is 2. The number of methoxy groups -OCH3 is 2. The number of carbonyl (C=O) groups is 1. The van der Waals surface area contributed by atoms with Gasteiger partial charge in [0.2, 0.25) is 0 Å². The molecule has 2 rings (SSSR count). The van der Waals surface area contributed by atoms with Gasteiger partial charge in [0.25, 0.3) is 5.91 Å². The van der Waals surface area contributed by atoms with E-state index in [4.69, 9.17) is 9.47 Å². The lowest BCUT2D eigenvalue weighted by atomic mass is 10.1. The maximum absolute atomic E-state index is 12.6. The molecule has 0 fully saturated rings. The zero-order valence-corrected chi connectivity index (χ0v) is 16.4. The first-order valence-electron chi connectivity index (χ1n) is 8.77. The molecule has 6 nitrogen and oxygen atoms in total. The van der Waals surface area contributed by atoms with E-state index in [1.807, 2.05) is 26.0 Å². The topological polar surface area (TPSA) is 76.3 Å². The van der Waals surface area contributed by atoms with Crippen molar-refractivity contribution in [2.75, 3.05) is 19.5 Å². The molecule has 0 saturated carbocycles. The quantitative estimate of drug-likeness (QED) is 0.591. The Hall–Kier alpha value is -3.20. The largest absolute Gasteiger partial charge is 0.497 e. The zero-order chi connectivity index (χ0) is 20.0. The van der Waals surface area contributed by atoms with E-state index in [1.165, 1.54) is 7.11 Å². The molecular weight excluding hydrogens is 342 g/mol. The highest BCUT2D eigenvalue weighted by Gasteiger charge is 2.15. The number of hydrogen-bond donors (Lipinski definition) is 1. The molecule has 0 aliphatic rings. The van der Waals surface area contributed by atoms with Crippen LogP contribution in [-0.4, -0.2) is 24.7 Å². The van der Waals surface area contributed by atoms with Crippen LogP contribution >= 0.6 is 0 Å². The van der Waals surface area contributed by atoms with Gasteiger partial charge in [0.05, 0.1) is 19.9 Å². The van der Waals surface area contributed by atoms with Gasteiger partial charge in [0.15, 0.2) is 0 Å². The number of rotatable bonds is 7. The molecular formula is C21H25N3O3. The molecule has 1 heterocycles. The predicted molar refractivity (Wildman–Crippen MR) is 106 cm³/mol. The Labute approximate surface area is 160 Å². The highest BCUT2D eigenvalue weighted by molar-refractivity contribution is 6.10. The fourth-order valence-corrected chi connectivity index (χ4v) is 2.95. The third-order valence-corrected chi connectivity index (χ3v) is 4.38. The number of aryl methyl sites for hydroxylation is 1. The first-order chi connectivity index (χ1) is 12.9. The molecule has 27 heavy (non-hydrogen) atoms. The van der Waals surface area contributed by atoms with Crippen molar-refractivity contribution in [2.24, 2.45) is 0 Å². The minimum absolute atomic E-state index is 0.0246. The maximum atomic E-state index is 12.6. The Kier molecular flexibility index (Phi) is 6.67. The molecule has 1 amide bonds. The second-order valence-electron chi connectivity index (χ2n) is 6.17. The van der Waals surface area contributed by atoms with E-state index in [9.17, 15) is 10.1 Å². The van der Waals surface area contributed by atoms with Gasteiger partial charge < -0.3 is 19.4 Å². The lowest BCUT2D eigenvalue weighted by Crippen LogP contribution is -2.14. The molecule has 1 aromatic carbocycles. The van der Waals surface area contributed by atoms with Crippen molar-refractivity contribution in [3.8, 4) is 17.6 Å². The van der Waals surface area contributed by atoms with Gasteiger partial charge in [-0.05, 0) is 50.1 Å². The number of benzene rings is 1. The van der Waals surface area contributed by atoms with Crippen LogP contribution in [0.5, 0.6) is 11.5 Å². The molecule has 1 aromatic heterocycles. The Morgan fingerprint density at radius 2 is 2.00 bits per heavy atom. The molecule has 2 aromatic rings. The highest BCUT2D eigenvalue weighted by atomic mass is 16.5. The first-order valence-corrected chi connectivity index (χ1v) is 8.77. The normalized spacial score (nSPS) is 11.0. The summed E-state index contributed by atoms with van der Waals surface area (Å²) in [5.41, 5.74) is 3.47. The number of hydrogen-bond acceptors (Lipinski definition) is 4. The third-order valence-electron chi connectivity index (χ3n) is 4.38. The number of aromatic nitrogens is 1. The molecule has 0 unspecified atom stereocenters. The molecule has 0 aliphatic carbocycles. The lowest BCUT2D eigenvalue weighted by molar-refractivity contribution is -0.112. The summed E-state index contributed by atoms with van der Waals surface area (Å²) in [5, 5.41) is 12.2. The lowest BCUT2D eigenvalue weighted by Gasteiger charge is -2.11. The SMILES string of the molecule is CCCn1c(C)cc(/C=C(\C#N)C(=O)Nc2cc(OC)ccc2OC)c1C. The van der Waals surface area contributed by atoms with Gasteiger partial charge in [-0.25, -0.2) is 0 Å². The van der Waals surface area contributed by atoms with Crippen LogP contribution in [0, 0.1) is 25.2 Å². The third kappa shape index (κ3) is 4.50. The summed E-state index contributed by atoms with van der Waals surface area (Å²) in [6.45, 7) is 7.03. The van der Waals surface area contributed by atoms with Crippen LogP contribution in [0.3, 0.4) is 0 Å². The predicted octanol–water partition coefficient (Wildman–Crippen LogP) is 4.08. The van der Waals surface area contributed by atoms with Crippen molar-refractivity contribution >= 4 is 17.7 Å². The van der Waals surface area contributed by atoms with E-state index in [-0.39, 0.29) is 5.57 Å². The zero-order valence-electron chi connectivity index (χ0n) is 16.4. The second-order valence-corrected chi connectivity index (χ2v) is 6.17. The summed E-state index contributed by atoms with van der Waals surface area (Å²) in [4.78, 5) is 12.6. The van der Waals surface area contributed by atoms with Crippen LogP contribution in [0.25, 0.3) is 6.08 Å². The molecule has 0 radical (unpaired) electrons. The number of nitrogens with one attached hydrogen (secondary N) is 1. The Balaban J connectivity index is 2.33. The van der Waals surface area contributed by atoms with Gasteiger partial charge in [0.1, 0.15) is 23.1 Å². The Morgan fingerprint density at radius 3 is 2.59 bits per heavy atom. The summed E-state index contributed by atoms with van der Waals surface area (Å²) < 4.78 is 12.6. The van der Waals surface area contributed by atoms with E-state index >= 15 is 0 Å². The Morgan fingerprint density at radius 1 is 1.26 bits per heavy atom. The molecule has 0 spiro atoms. The van der Waals surface area contributed by atoms with Crippen molar-refractivity contribution in [1.82, 2.24) is 4.57 Å². The van der Waals surface area contributed by atoms with E-state index in [0.717, 1.165) is 29.9 Å². The summed E-state index contributed by atoms with van der Waals surface area (Å²) in [6, 6.07) is 9.06. The van der Waals surface area contributed by atoms with Gasteiger partial charge in [-0.1, -0.05) is 6.92 Å². The first kappa shape index (κ1) is 20.1. The van der Waals surface area contributed by atoms with E-state index in [2.05, 4.69) is 16.8 Å². The summed E-state index contributed by atoms with van der Waals surface area (Å²) >= 11 is 0. The summed E-state index contributed by atoms with van der Waals surface area (Å²) in [5.74, 6) is 0.573. The van der Waals surface area contributed by atoms with Crippen LogP contribution in [0.2, 0.25) is 0 Å². The Bertz CT molecular complexity index is 904. The van der Waals surface area contributed by atoms with Crippen LogP contribution in [0.15, 0.2) is 29.8 Å². The van der Waals surface area contributed by atoms with Gasteiger partial charge in [-0.3, -0.25) is 4.79 Å². The van der Waals surface area contributed by atoms with Crippen molar-refractivity contribution in [3.63, 3.8) is 0 Å². The second kappa shape index (κ2) is 8.95. The van der Waals surface area contributed by atoms with Gasteiger partial charge in [0, 0.05) is 24.0 Å². The van der Waals surface area contributed by atoms with Gasteiger partial charge in [-0.2, -0.15) is 5.26 Å². The summed E-state index contributed by atoms with van der Waals surface area (Å²) in [7, 11) is 3.06. The van der Waals surface area contributed by atoms with Crippen LogP contribution < -0.4 is 14.8 Å². The van der Waals surface area contributed by atoms with Gasteiger partial charge >= 0.3 is 0 Å². The number of nitrogens with zero attached hydrogens (tertiary/aromatic N) is 2. The fourth-order valence-electron chi connectivity index (χ4n) is 2.95. The number of carbonyl (C=O) groups excluding carboxylic acids is 1. The number of anilines is 1. The highest BCUT2D eigenvalue weighted by Crippen LogP contribution is 2.29. The number of amides is 1. The molecule has 0 atom stereocenters. The van der Waals surface area contributed by atoms with Gasteiger partial charge in [-0.15, -0.1) is 0 Å². The minimum Gasteiger partial charge on any atom is -0.497 e. The maximum Gasteiger partial charge on any atom is 0.266 e. The molecule has 0 aliphatic heterocycles. The van der Waals surface area contributed by atoms with Crippen molar-refractivity contribution < 1.29 is 14.3 Å².